The van der Waals surface area contributed by atoms with Crippen LogP contribution in [0.15, 0.2) is 46.1 Å². The number of carbonyl (C=O) groups is 1. The minimum absolute atomic E-state index is 0.00927. The molecule has 1 aromatic heterocycles. The van der Waals surface area contributed by atoms with Gasteiger partial charge in [-0.2, -0.15) is 0 Å². The Kier molecular flexibility index (Phi) is 6.52. The summed E-state index contributed by atoms with van der Waals surface area (Å²) >= 11 is 0. The van der Waals surface area contributed by atoms with E-state index in [-0.39, 0.29) is 12.5 Å². The van der Waals surface area contributed by atoms with Crippen LogP contribution < -0.4 is 16.1 Å². The van der Waals surface area contributed by atoms with Gasteiger partial charge in [0, 0.05) is 69.2 Å². The largest absolute Gasteiger partial charge is 0.388 e. The van der Waals surface area contributed by atoms with E-state index < -0.39 is 28.5 Å². The first-order valence-electron chi connectivity index (χ1n) is 12.7. The highest BCUT2D eigenvalue weighted by molar-refractivity contribution is 5.94. The molecule has 1 amide bonds. The molecule has 3 fully saturated rings. The van der Waals surface area contributed by atoms with Crippen LogP contribution in [0.4, 0.5) is 5.69 Å². The quantitative estimate of drug-likeness (QED) is 0.642. The molecule has 3 saturated heterocycles. The summed E-state index contributed by atoms with van der Waals surface area (Å²) in [6.45, 7) is 6.98. The molecule has 2 N–H and O–H groups in total. The average Bonchev–Trinajstić information content (AvgIpc) is 2.85. The fraction of sp³-hybridized carbons (Fsp3) is 0.577. The minimum Gasteiger partial charge on any atom is -0.388 e. The molecule has 3 aliphatic rings. The van der Waals surface area contributed by atoms with Gasteiger partial charge in [-0.3, -0.25) is 19.1 Å². The van der Waals surface area contributed by atoms with Gasteiger partial charge in [0.05, 0.1) is 23.9 Å². The number of aromatic nitrogens is 2. The van der Waals surface area contributed by atoms with Crippen molar-refractivity contribution in [1.29, 1.82) is 0 Å². The molecule has 10 heteroatoms. The highest BCUT2D eigenvalue weighted by Crippen LogP contribution is 2.43. The first-order valence-corrected chi connectivity index (χ1v) is 12.7. The van der Waals surface area contributed by atoms with E-state index >= 15 is 0 Å². The molecule has 194 valence electrons. The van der Waals surface area contributed by atoms with Crippen LogP contribution in [0.2, 0.25) is 0 Å². The lowest BCUT2D eigenvalue weighted by Gasteiger charge is -2.51. The second-order valence-electron chi connectivity index (χ2n) is 10.7. The number of nitrogens with zero attached hydrogens (tertiary/aromatic N) is 4. The monoisotopic (exact) mass is 497 g/mol. The van der Waals surface area contributed by atoms with E-state index in [1.807, 2.05) is 29.2 Å². The van der Waals surface area contributed by atoms with Crippen LogP contribution in [-0.4, -0.2) is 94.5 Å². The highest BCUT2D eigenvalue weighted by atomic mass is 16.5. The molecular weight excluding hydrogens is 462 g/mol. The van der Waals surface area contributed by atoms with Crippen molar-refractivity contribution in [2.75, 3.05) is 57.8 Å². The van der Waals surface area contributed by atoms with Crippen LogP contribution in [0, 0.1) is 0 Å². The number of likely N-dealkylation sites (N-methyl/N-ethyl adjacent to an activating group) is 1. The number of piperidine rings is 1. The zero-order chi connectivity index (χ0) is 25.5. The van der Waals surface area contributed by atoms with Gasteiger partial charge in [0.15, 0.2) is 0 Å². The van der Waals surface area contributed by atoms with Crippen molar-refractivity contribution in [3.63, 3.8) is 0 Å². The lowest BCUT2D eigenvalue weighted by molar-refractivity contribution is -0.195. The molecule has 10 nitrogen and oxygen atoms in total. The zero-order valence-electron chi connectivity index (χ0n) is 21.0. The Morgan fingerprint density at radius 1 is 1.03 bits per heavy atom. The molecule has 4 heterocycles. The molecule has 0 radical (unpaired) electrons. The number of likely N-dealkylation sites (tertiary alicyclic amines) is 1. The lowest BCUT2D eigenvalue weighted by atomic mass is 9.75. The van der Waals surface area contributed by atoms with Gasteiger partial charge in [-0.15, -0.1) is 0 Å². The summed E-state index contributed by atoms with van der Waals surface area (Å²) in [4.78, 5) is 45.6. The van der Waals surface area contributed by atoms with E-state index in [0.29, 0.717) is 37.9 Å². The number of amides is 1. The number of piperazine rings is 1. The summed E-state index contributed by atoms with van der Waals surface area (Å²) in [5.74, 6) is 0.00927. The Bertz CT molecular complexity index is 1200. The molecule has 0 saturated carbocycles. The fourth-order valence-corrected chi connectivity index (χ4v) is 5.81. The zero-order valence-corrected chi connectivity index (χ0v) is 21.0. The number of hydrogen-bond donors (Lipinski definition) is 2. The number of aromatic amines is 1. The maximum atomic E-state index is 13.2. The van der Waals surface area contributed by atoms with Gasteiger partial charge in [-0.25, -0.2) is 4.79 Å². The molecule has 0 bridgehead atoms. The lowest BCUT2D eigenvalue weighted by Crippen LogP contribution is -2.59. The van der Waals surface area contributed by atoms with Crippen LogP contribution in [0.25, 0.3) is 0 Å². The Hall–Kier alpha value is -2.95. The second kappa shape index (κ2) is 9.49. The van der Waals surface area contributed by atoms with E-state index in [1.165, 1.54) is 16.8 Å². The highest BCUT2D eigenvalue weighted by Gasteiger charge is 2.50. The Balaban J connectivity index is 1.20. The number of anilines is 1. The van der Waals surface area contributed by atoms with E-state index in [9.17, 15) is 19.5 Å². The van der Waals surface area contributed by atoms with Crippen molar-refractivity contribution in [3.8, 4) is 0 Å². The minimum atomic E-state index is -1.20. The number of rotatable bonds is 3. The smallest absolute Gasteiger partial charge is 0.328 e. The van der Waals surface area contributed by atoms with Crippen LogP contribution in [0.1, 0.15) is 42.6 Å². The Morgan fingerprint density at radius 2 is 1.69 bits per heavy atom. The van der Waals surface area contributed by atoms with Gasteiger partial charge >= 0.3 is 5.69 Å². The maximum absolute atomic E-state index is 13.2. The number of aliphatic hydroxyl groups is 1. The maximum Gasteiger partial charge on any atom is 0.328 e. The standard InChI is InChI=1S/C26H35N5O5/c1-25(35)18-26(36-17-21(25)31-10-7-22(32)27-24(31)34)8-11-30(12-9-26)23(33)19-3-5-20(6-4-19)29-15-13-28(2)14-16-29/h3-7,10,21,35H,8-9,11-18H2,1-2H3,(H,27,32,34)/t21-,25-/m0/s1. The Morgan fingerprint density at radius 3 is 2.31 bits per heavy atom. The van der Waals surface area contributed by atoms with Gasteiger partial charge in [-0.05, 0) is 51.1 Å². The van der Waals surface area contributed by atoms with E-state index in [4.69, 9.17) is 4.74 Å². The summed E-state index contributed by atoms with van der Waals surface area (Å²) in [6, 6.07) is 8.55. The number of hydrogen-bond acceptors (Lipinski definition) is 7. The van der Waals surface area contributed by atoms with Crippen molar-refractivity contribution in [2.24, 2.45) is 0 Å². The van der Waals surface area contributed by atoms with Crippen molar-refractivity contribution in [2.45, 2.75) is 43.4 Å². The van der Waals surface area contributed by atoms with Crippen LogP contribution >= 0.6 is 0 Å². The second-order valence-corrected chi connectivity index (χ2v) is 10.7. The van der Waals surface area contributed by atoms with Gasteiger partial charge in [0.2, 0.25) is 0 Å². The SMILES string of the molecule is CN1CCN(c2ccc(C(=O)N3CCC4(CC3)C[C@](C)(O)[C@@H](n3ccc(=O)[nH]c3=O)CO4)cc2)CC1. The summed E-state index contributed by atoms with van der Waals surface area (Å²) < 4.78 is 7.59. The number of H-pyrrole nitrogens is 1. The number of carbonyl (C=O) groups excluding carboxylic acids is 1. The topological polar surface area (TPSA) is 111 Å². The summed E-state index contributed by atoms with van der Waals surface area (Å²) in [5.41, 5.74) is -0.968. The van der Waals surface area contributed by atoms with Crippen molar-refractivity contribution in [3.05, 3.63) is 62.9 Å². The molecule has 2 aromatic rings. The third kappa shape index (κ3) is 4.85. The molecule has 5 rings (SSSR count). The van der Waals surface area contributed by atoms with Gasteiger partial charge in [0.25, 0.3) is 11.5 Å². The van der Waals surface area contributed by atoms with Crippen molar-refractivity contribution in [1.82, 2.24) is 19.4 Å². The molecule has 36 heavy (non-hydrogen) atoms. The first kappa shape index (κ1) is 24.7. The molecule has 2 atom stereocenters. The van der Waals surface area contributed by atoms with Gasteiger partial charge in [-0.1, -0.05) is 0 Å². The van der Waals surface area contributed by atoms with Crippen LogP contribution in [-0.2, 0) is 4.74 Å². The average molecular weight is 498 g/mol. The van der Waals surface area contributed by atoms with Crippen LogP contribution in [0.3, 0.4) is 0 Å². The molecule has 0 aliphatic carbocycles. The van der Waals surface area contributed by atoms with Crippen molar-refractivity contribution >= 4 is 11.6 Å². The van der Waals surface area contributed by atoms with E-state index in [2.05, 4.69) is 21.8 Å². The van der Waals surface area contributed by atoms with Crippen molar-refractivity contribution < 1.29 is 14.6 Å². The molecule has 0 unspecified atom stereocenters. The fourth-order valence-electron chi connectivity index (χ4n) is 5.81. The van der Waals surface area contributed by atoms with E-state index in [0.717, 1.165) is 31.9 Å². The number of ether oxygens (including phenoxy) is 1. The summed E-state index contributed by atoms with van der Waals surface area (Å²) in [5, 5.41) is 11.3. The molecule has 1 spiro atoms. The molecular formula is C26H35N5O5. The van der Waals surface area contributed by atoms with Gasteiger partial charge in [0.1, 0.15) is 0 Å². The predicted octanol–water partition coefficient (Wildman–Crippen LogP) is 0.676. The third-order valence-electron chi connectivity index (χ3n) is 8.08. The molecule has 1 aromatic carbocycles. The Labute approximate surface area is 210 Å². The van der Waals surface area contributed by atoms with Gasteiger partial charge < -0.3 is 24.5 Å². The molecule has 3 aliphatic heterocycles. The number of benzene rings is 1. The first-order chi connectivity index (χ1) is 17.2. The summed E-state index contributed by atoms with van der Waals surface area (Å²) in [6.07, 6.45) is 2.97. The third-order valence-corrected chi connectivity index (χ3v) is 8.08. The normalized spacial score (nSPS) is 26.8. The predicted molar refractivity (Wildman–Crippen MR) is 136 cm³/mol. The number of nitrogens with one attached hydrogen (secondary N) is 1. The van der Waals surface area contributed by atoms with E-state index in [1.54, 1.807) is 6.92 Å². The van der Waals surface area contributed by atoms with Crippen LogP contribution in [0.5, 0.6) is 0 Å². The summed E-state index contributed by atoms with van der Waals surface area (Å²) in [7, 11) is 2.13.